The van der Waals surface area contributed by atoms with Gasteiger partial charge in [0.25, 0.3) is 5.91 Å². The Kier molecular flexibility index (Phi) is 10.8. The average Bonchev–Trinajstić information content (AvgIpc) is 2.72. The maximum absolute atomic E-state index is 11.7. The first-order chi connectivity index (χ1) is 13.8. The predicted molar refractivity (Wildman–Crippen MR) is 132 cm³/mol. The van der Waals surface area contributed by atoms with Crippen molar-refractivity contribution in [3.05, 3.63) is 65.2 Å². The van der Waals surface area contributed by atoms with Crippen LogP contribution in [0.5, 0.6) is 0 Å². The van der Waals surface area contributed by atoms with Crippen LogP contribution in [0.1, 0.15) is 21.5 Å². The smallest absolute Gasteiger partial charge is 0.251 e. The molecule has 1 amide bonds. The zero-order chi connectivity index (χ0) is 21.3. The van der Waals surface area contributed by atoms with Gasteiger partial charge in [0, 0.05) is 39.0 Å². The lowest BCUT2D eigenvalue weighted by atomic mass is 10.1. The predicted octanol–water partition coefficient (Wildman–Crippen LogP) is 2.02. The van der Waals surface area contributed by atoms with Gasteiger partial charge in [-0.2, -0.15) is 0 Å². The third kappa shape index (κ3) is 8.31. The van der Waals surface area contributed by atoms with Crippen molar-refractivity contribution in [3.8, 4) is 0 Å². The van der Waals surface area contributed by atoms with Crippen molar-refractivity contribution in [1.82, 2.24) is 16.0 Å². The first-order valence-corrected chi connectivity index (χ1v) is 11.3. The number of aliphatic imine (C=N–C) groups is 1. The Hall–Kier alpha value is -2.14. The van der Waals surface area contributed by atoms with Crippen LogP contribution in [-0.2, 0) is 22.7 Å². The number of rotatable bonds is 8. The molecule has 0 aliphatic carbocycles. The molecular weight excluding hydrogens is 515 g/mol. The van der Waals surface area contributed by atoms with Crippen LogP contribution in [0.15, 0.2) is 58.4 Å². The van der Waals surface area contributed by atoms with Gasteiger partial charge in [0.1, 0.15) is 0 Å². The van der Waals surface area contributed by atoms with E-state index in [0.717, 1.165) is 24.0 Å². The van der Waals surface area contributed by atoms with Crippen molar-refractivity contribution in [2.75, 3.05) is 33.4 Å². The van der Waals surface area contributed by atoms with E-state index in [1.165, 1.54) is 6.26 Å². The summed E-state index contributed by atoms with van der Waals surface area (Å²) in [6.45, 7) is 1.35. The molecule has 0 bridgehead atoms. The molecule has 0 saturated carbocycles. The monoisotopic (exact) mass is 544 g/mol. The van der Waals surface area contributed by atoms with Gasteiger partial charge in [-0.05, 0) is 48.2 Å². The van der Waals surface area contributed by atoms with Gasteiger partial charge in [0.15, 0.2) is 15.8 Å². The zero-order valence-corrected chi connectivity index (χ0v) is 20.6. The maximum Gasteiger partial charge on any atom is 0.251 e. The van der Waals surface area contributed by atoms with E-state index in [1.807, 2.05) is 30.3 Å². The van der Waals surface area contributed by atoms with Crippen molar-refractivity contribution in [2.45, 2.75) is 17.7 Å². The van der Waals surface area contributed by atoms with Gasteiger partial charge >= 0.3 is 0 Å². The molecule has 30 heavy (non-hydrogen) atoms. The van der Waals surface area contributed by atoms with Gasteiger partial charge in [-0.25, -0.2) is 8.42 Å². The molecule has 2 rings (SSSR count). The minimum Gasteiger partial charge on any atom is -0.356 e. The first-order valence-electron chi connectivity index (χ1n) is 9.38. The van der Waals surface area contributed by atoms with Gasteiger partial charge in [-0.1, -0.05) is 24.3 Å². The van der Waals surface area contributed by atoms with Crippen LogP contribution in [0.4, 0.5) is 0 Å². The fourth-order valence-corrected chi connectivity index (χ4v) is 3.42. The minimum absolute atomic E-state index is 0. The highest BCUT2D eigenvalue weighted by molar-refractivity contribution is 14.0. The number of amides is 1. The zero-order valence-electron chi connectivity index (χ0n) is 17.4. The summed E-state index contributed by atoms with van der Waals surface area (Å²) in [6.07, 6.45) is 2.71. The van der Waals surface area contributed by atoms with Crippen LogP contribution in [0, 0.1) is 0 Å². The normalized spacial score (nSPS) is 11.4. The summed E-state index contributed by atoms with van der Waals surface area (Å²) in [5.74, 6) is 0.599. The number of nitrogens with zero attached hydrogens (tertiary/aromatic N) is 1. The van der Waals surface area contributed by atoms with Crippen molar-refractivity contribution in [3.63, 3.8) is 0 Å². The van der Waals surface area contributed by atoms with Crippen molar-refractivity contribution in [1.29, 1.82) is 0 Å². The molecule has 0 unspecified atom stereocenters. The van der Waals surface area contributed by atoms with Crippen LogP contribution in [0.3, 0.4) is 0 Å². The molecule has 9 heteroatoms. The van der Waals surface area contributed by atoms with Gasteiger partial charge in [-0.3, -0.25) is 9.79 Å². The highest BCUT2D eigenvalue weighted by atomic mass is 127. The number of guanidine groups is 1. The van der Waals surface area contributed by atoms with E-state index >= 15 is 0 Å². The second-order valence-electron chi connectivity index (χ2n) is 6.62. The number of nitrogens with one attached hydrogen (secondary N) is 3. The Balaban J connectivity index is 0.00000450. The first kappa shape index (κ1) is 25.9. The van der Waals surface area contributed by atoms with E-state index in [4.69, 9.17) is 0 Å². The fraction of sp³-hybridized carbons (Fsp3) is 0.333. The molecule has 0 spiro atoms. The summed E-state index contributed by atoms with van der Waals surface area (Å²) >= 11 is 0. The summed E-state index contributed by atoms with van der Waals surface area (Å²) in [4.78, 5) is 16.2. The van der Waals surface area contributed by atoms with Gasteiger partial charge in [0.2, 0.25) is 0 Å². The third-order valence-electron chi connectivity index (χ3n) is 4.40. The van der Waals surface area contributed by atoms with Crippen LogP contribution < -0.4 is 16.0 Å². The molecule has 0 radical (unpaired) electrons. The van der Waals surface area contributed by atoms with Crippen LogP contribution in [-0.4, -0.2) is 53.7 Å². The molecule has 0 aliphatic heterocycles. The van der Waals surface area contributed by atoms with E-state index < -0.39 is 9.84 Å². The summed E-state index contributed by atoms with van der Waals surface area (Å²) in [5.41, 5.74) is 2.76. The SMILES string of the molecule is CN=C(NCCc1ccc(S(C)(=O)=O)cc1)NCCc1cccc(C(=O)NC)c1.I. The number of carbonyl (C=O) groups excluding carboxylic acids is 1. The van der Waals surface area contributed by atoms with Crippen molar-refractivity contribution < 1.29 is 13.2 Å². The molecule has 0 atom stereocenters. The number of hydrogen-bond acceptors (Lipinski definition) is 4. The highest BCUT2D eigenvalue weighted by Crippen LogP contribution is 2.10. The molecule has 0 heterocycles. The standard InChI is InChI=1S/C21H28N4O3S.HI/c1-22-20(26)18-6-4-5-17(15-18)12-14-25-21(23-2)24-13-11-16-7-9-19(10-8-16)29(3,27)28;/h4-10,15H,11-14H2,1-3H3,(H,22,26)(H2,23,24,25);1H. The molecule has 3 N–H and O–H groups in total. The molecule has 2 aromatic rings. The van der Waals surface area contributed by atoms with Gasteiger partial charge in [0.05, 0.1) is 4.90 Å². The van der Waals surface area contributed by atoms with E-state index in [1.54, 1.807) is 32.3 Å². The Morgan fingerprint density at radius 2 is 1.57 bits per heavy atom. The van der Waals surface area contributed by atoms with Gasteiger partial charge in [-0.15, -0.1) is 24.0 Å². The number of carbonyl (C=O) groups is 1. The Morgan fingerprint density at radius 1 is 0.967 bits per heavy atom. The average molecular weight is 544 g/mol. The van der Waals surface area contributed by atoms with E-state index in [2.05, 4.69) is 20.9 Å². The van der Waals surface area contributed by atoms with Gasteiger partial charge < -0.3 is 16.0 Å². The quantitative estimate of drug-likeness (QED) is 0.268. The third-order valence-corrected chi connectivity index (χ3v) is 5.53. The maximum atomic E-state index is 11.7. The molecule has 0 saturated heterocycles. The second kappa shape index (κ2) is 12.5. The largest absolute Gasteiger partial charge is 0.356 e. The summed E-state index contributed by atoms with van der Waals surface area (Å²) in [7, 11) is 0.161. The van der Waals surface area contributed by atoms with Crippen LogP contribution >= 0.6 is 24.0 Å². The number of hydrogen-bond donors (Lipinski definition) is 3. The Morgan fingerprint density at radius 3 is 2.10 bits per heavy atom. The fourth-order valence-electron chi connectivity index (χ4n) is 2.79. The molecular formula is C21H29IN4O3S. The minimum atomic E-state index is -3.17. The molecule has 0 fully saturated rings. The highest BCUT2D eigenvalue weighted by Gasteiger charge is 2.06. The summed E-state index contributed by atoms with van der Waals surface area (Å²) in [5, 5.41) is 9.12. The Labute approximate surface area is 195 Å². The lowest BCUT2D eigenvalue weighted by Crippen LogP contribution is -2.39. The van der Waals surface area contributed by atoms with Crippen molar-refractivity contribution >= 4 is 45.7 Å². The van der Waals surface area contributed by atoms with E-state index in [9.17, 15) is 13.2 Å². The topological polar surface area (TPSA) is 99.7 Å². The lowest BCUT2D eigenvalue weighted by Gasteiger charge is -2.12. The lowest BCUT2D eigenvalue weighted by molar-refractivity contribution is 0.0963. The molecule has 0 aliphatic rings. The van der Waals surface area contributed by atoms with E-state index in [0.29, 0.717) is 29.5 Å². The summed E-state index contributed by atoms with van der Waals surface area (Å²) in [6, 6.07) is 14.5. The second-order valence-corrected chi connectivity index (χ2v) is 8.64. The molecule has 2 aromatic carbocycles. The van der Waals surface area contributed by atoms with Crippen LogP contribution in [0.25, 0.3) is 0 Å². The van der Waals surface area contributed by atoms with Crippen molar-refractivity contribution in [2.24, 2.45) is 4.99 Å². The molecule has 7 nitrogen and oxygen atoms in total. The van der Waals surface area contributed by atoms with E-state index in [-0.39, 0.29) is 29.9 Å². The Bertz CT molecular complexity index is 960. The van der Waals surface area contributed by atoms with Crippen LogP contribution in [0.2, 0.25) is 0 Å². The molecule has 164 valence electrons. The number of halogens is 1. The summed E-state index contributed by atoms with van der Waals surface area (Å²) < 4.78 is 23.0. The number of benzene rings is 2. The molecule has 0 aromatic heterocycles. The number of sulfone groups is 1.